The fourth-order valence-electron chi connectivity index (χ4n) is 1.58. The minimum atomic E-state index is -0.232. The molecule has 2 heterocycles. The van der Waals surface area contributed by atoms with Crippen molar-refractivity contribution in [2.75, 3.05) is 17.3 Å². The van der Waals surface area contributed by atoms with E-state index in [9.17, 15) is 5.11 Å². The second-order valence-corrected chi connectivity index (χ2v) is 7.17. The topological polar surface area (TPSA) is 33.1 Å². The van der Waals surface area contributed by atoms with E-state index >= 15 is 0 Å². The molecule has 0 aliphatic carbocycles. The van der Waals surface area contributed by atoms with Gasteiger partial charge in [0.2, 0.25) is 0 Å². The van der Waals surface area contributed by atoms with Crippen LogP contribution in [0.2, 0.25) is 0 Å². The van der Waals surface area contributed by atoms with Gasteiger partial charge in [-0.3, -0.25) is 0 Å². The summed E-state index contributed by atoms with van der Waals surface area (Å²) in [7, 11) is 0. The van der Waals surface area contributed by atoms with Crippen molar-refractivity contribution in [3.05, 3.63) is 16.1 Å². The van der Waals surface area contributed by atoms with E-state index in [1.54, 1.807) is 11.3 Å². The molecular formula is C10H15NOS3. The minimum Gasteiger partial charge on any atom is -0.392 e. The largest absolute Gasteiger partial charge is 0.392 e. The Kier molecular flexibility index (Phi) is 4.37. The highest BCUT2D eigenvalue weighted by molar-refractivity contribution is 8.06. The number of thiazole rings is 1. The van der Waals surface area contributed by atoms with E-state index in [4.69, 9.17) is 0 Å². The lowest BCUT2D eigenvalue weighted by Gasteiger charge is -2.25. The van der Waals surface area contributed by atoms with Crippen LogP contribution in [0.3, 0.4) is 0 Å². The monoisotopic (exact) mass is 261 g/mol. The third-order valence-electron chi connectivity index (χ3n) is 2.36. The molecule has 2 unspecified atom stereocenters. The van der Waals surface area contributed by atoms with Gasteiger partial charge in [0.1, 0.15) is 0 Å². The highest BCUT2D eigenvalue weighted by Gasteiger charge is 2.23. The summed E-state index contributed by atoms with van der Waals surface area (Å²) in [5, 5.41) is 13.6. The maximum atomic E-state index is 10.1. The van der Waals surface area contributed by atoms with Crippen molar-refractivity contribution in [2.24, 2.45) is 0 Å². The molecule has 2 atom stereocenters. The van der Waals surface area contributed by atoms with Crippen LogP contribution in [0.25, 0.3) is 0 Å². The number of aromatic nitrogens is 1. The molecule has 1 aliphatic heterocycles. The molecule has 1 saturated heterocycles. The SMILES string of the molecule is Cc1nc(CC(O)C2CSCCS2)cs1. The third-order valence-corrected chi connectivity index (χ3v) is 6.08. The molecule has 0 amide bonds. The van der Waals surface area contributed by atoms with Crippen LogP contribution < -0.4 is 0 Å². The number of aliphatic hydroxyl groups is 1. The summed E-state index contributed by atoms with van der Waals surface area (Å²) in [5.41, 5.74) is 1.04. The Balaban J connectivity index is 1.88. The Bertz CT molecular complexity index is 309. The van der Waals surface area contributed by atoms with E-state index in [1.165, 1.54) is 11.5 Å². The first-order chi connectivity index (χ1) is 7.25. The normalized spacial score (nSPS) is 24.0. The molecule has 0 spiro atoms. The molecule has 0 bridgehead atoms. The Morgan fingerprint density at radius 3 is 3.07 bits per heavy atom. The number of hydrogen-bond donors (Lipinski definition) is 1. The van der Waals surface area contributed by atoms with Crippen molar-refractivity contribution in [3.8, 4) is 0 Å². The van der Waals surface area contributed by atoms with Crippen molar-refractivity contribution in [1.82, 2.24) is 4.98 Å². The van der Waals surface area contributed by atoms with Gasteiger partial charge in [0.25, 0.3) is 0 Å². The molecule has 0 saturated carbocycles. The zero-order valence-corrected chi connectivity index (χ0v) is 11.1. The van der Waals surface area contributed by atoms with E-state index < -0.39 is 0 Å². The number of thioether (sulfide) groups is 2. The molecule has 1 aromatic rings. The van der Waals surface area contributed by atoms with Crippen LogP contribution in [0.4, 0.5) is 0 Å². The first kappa shape index (κ1) is 11.8. The summed E-state index contributed by atoms with van der Waals surface area (Å²) >= 11 is 5.51. The smallest absolute Gasteiger partial charge is 0.0897 e. The van der Waals surface area contributed by atoms with Crippen molar-refractivity contribution in [3.63, 3.8) is 0 Å². The lowest BCUT2D eigenvalue weighted by molar-refractivity contribution is 0.176. The molecule has 5 heteroatoms. The van der Waals surface area contributed by atoms with E-state index in [0.717, 1.165) is 16.5 Å². The minimum absolute atomic E-state index is 0.232. The lowest BCUT2D eigenvalue weighted by atomic mass is 10.1. The van der Waals surface area contributed by atoms with Crippen molar-refractivity contribution in [2.45, 2.75) is 24.7 Å². The predicted molar refractivity (Wildman–Crippen MR) is 70.1 cm³/mol. The molecular weight excluding hydrogens is 246 g/mol. The molecule has 1 fully saturated rings. The number of aryl methyl sites for hydroxylation is 1. The van der Waals surface area contributed by atoms with Crippen LogP contribution in [-0.4, -0.2) is 38.7 Å². The maximum absolute atomic E-state index is 10.1. The molecule has 1 aromatic heterocycles. The fourth-order valence-corrected chi connectivity index (χ4v) is 4.97. The second kappa shape index (κ2) is 5.57. The molecule has 2 nitrogen and oxygen atoms in total. The van der Waals surface area contributed by atoms with Gasteiger partial charge in [-0.15, -0.1) is 11.3 Å². The van der Waals surface area contributed by atoms with Gasteiger partial charge in [0, 0.05) is 34.3 Å². The van der Waals surface area contributed by atoms with Crippen molar-refractivity contribution in [1.29, 1.82) is 0 Å². The first-order valence-corrected chi connectivity index (χ1v) is 8.12. The number of nitrogens with zero attached hydrogens (tertiary/aromatic N) is 1. The number of hydrogen-bond acceptors (Lipinski definition) is 5. The van der Waals surface area contributed by atoms with Gasteiger partial charge < -0.3 is 5.11 Å². The molecule has 1 N–H and O–H groups in total. The average molecular weight is 261 g/mol. The molecule has 0 aromatic carbocycles. The zero-order valence-electron chi connectivity index (χ0n) is 8.68. The van der Waals surface area contributed by atoms with Gasteiger partial charge in [-0.25, -0.2) is 4.98 Å². The fraction of sp³-hybridized carbons (Fsp3) is 0.700. The van der Waals surface area contributed by atoms with Crippen LogP contribution >= 0.6 is 34.9 Å². The Labute approximate surface area is 103 Å². The maximum Gasteiger partial charge on any atom is 0.0897 e. The summed E-state index contributed by atoms with van der Waals surface area (Å²) in [6.07, 6.45) is 0.479. The highest BCUT2D eigenvalue weighted by Crippen LogP contribution is 2.27. The van der Waals surface area contributed by atoms with Crippen LogP contribution in [0, 0.1) is 6.92 Å². The molecule has 1 aliphatic rings. The predicted octanol–water partition coefficient (Wildman–Crippen LogP) is 2.20. The van der Waals surface area contributed by atoms with Crippen molar-refractivity contribution >= 4 is 34.9 Å². The Morgan fingerprint density at radius 2 is 2.47 bits per heavy atom. The molecule has 15 heavy (non-hydrogen) atoms. The summed E-state index contributed by atoms with van der Waals surface area (Å²) in [4.78, 5) is 4.39. The van der Waals surface area contributed by atoms with Gasteiger partial charge in [-0.05, 0) is 6.92 Å². The molecule has 0 radical (unpaired) electrons. The van der Waals surface area contributed by atoms with Gasteiger partial charge in [-0.1, -0.05) is 0 Å². The number of rotatable bonds is 3. The standard InChI is InChI=1S/C10H15NOS3/c1-7-11-8(5-15-7)4-9(12)10-6-13-2-3-14-10/h5,9-10,12H,2-4,6H2,1H3. The van der Waals surface area contributed by atoms with Crippen LogP contribution in [0.1, 0.15) is 10.7 Å². The highest BCUT2D eigenvalue weighted by atomic mass is 32.2. The lowest BCUT2D eigenvalue weighted by Crippen LogP contribution is -2.30. The quantitative estimate of drug-likeness (QED) is 0.904. The van der Waals surface area contributed by atoms with E-state index in [0.29, 0.717) is 11.7 Å². The third kappa shape index (κ3) is 3.37. The summed E-state index contributed by atoms with van der Waals surface area (Å²) in [6, 6.07) is 0. The van der Waals surface area contributed by atoms with Crippen LogP contribution in [-0.2, 0) is 6.42 Å². The van der Waals surface area contributed by atoms with Gasteiger partial charge in [-0.2, -0.15) is 23.5 Å². The average Bonchev–Trinajstić information content (AvgIpc) is 2.65. The summed E-state index contributed by atoms with van der Waals surface area (Å²) < 4.78 is 0. The zero-order chi connectivity index (χ0) is 10.7. The number of aliphatic hydroxyl groups excluding tert-OH is 1. The Morgan fingerprint density at radius 1 is 1.60 bits per heavy atom. The van der Waals surface area contributed by atoms with Gasteiger partial charge in [0.15, 0.2) is 0 Å². The van der Waals surface area contributed by atoms with E-state index in [2.05, 4.69) is 10.4 Å². The van der Waals surface area contributed by atoms with Crippen LogP contribution in [0.5, 0.6) is 0 Å². The summed E-state index contributed by atoms with van der Waals surface area (Å²) in [5.74, 6) is 3.47. The van der Waals surface area contributed by atoms with Gasteiger partial charge in [0.05, 0.1) is 16.8 Å². The van der Waals surface area contributed by atoms with Crippen molar-refractivity contribution < 1.29 is 5.11 Å². The molecule has 84 valence electrons. The summed E-state index contributed by atoms with van der Waals surface area (Å²) in [6.45, 7) is 2.01. The first-order valence-electron chi connectivity index (χ1n) is 5.04. The van der Waals surface area contributed by atoms with Gasteiger partial charge >= 0.3 is 0 Å². The molecule has 2 rings (SSSR count). The second-order valence-electron chi connectivity index (χ2n) is 3.61. The van der Waals surface area contributed by atoms with E-state index in [1.807, 2.05) is 30.4 Å². The Hall–Kier alpha value is 0.290. The van der Waals surface area contributed by atoms with E-state index in [-0.39, 0.29) is 6.10 Å². The van der Waals surface area contributed by atoms with Crippen LogP contribution in [0.15, 0.2) is 5.38 Å².